The standard InChI is InChI=1S/C22H20N6O3/c1-15-7-11-19(31-15)22-16(13-27(24-22)17-5-3-2-4-6-17)8-12-21(29)30-14-20-23-25-26-28(20)18-9-10-18/h2-8,11-13,18H,9-10,14H2,1H3/b12-8+. The summed E-state index contributed by atoms with van der Waals surface area (Å²) < 4.78 is 14.6. The first-order valence-electron chi connectivity index (χ1n) is 10.0. The van der Waals surface area contributed by atoms with Crippen molar-refractivity contribution in [2.75, 3.05) is 0 Å². The van der Waals surface area contributed by atoms with Gasteiger partial charge in [0, 0.05) is 17.8 Å². The smallest absolute Gasteiger partial charge is 0.331 e. The predicted molar refractivity (Wildman–Crippen MR) is 111 cm³/mol. The lowest BCUT2D eigenvalue weighted by Gasteiger charge is -2.02. The Labute approximate surface area is 177 Å². The molecule has 1 saturated carbocycles. The van der Waals surface area contributed by atoms with E-state index < -0.39 is 5.97 Å². The number of esters is 1. The van der Waals surface area contributed by atoms with Gasteiger partial charge in [-0.15, -0.1) is 5.10 Å². The van der Waals surface area contributed by atoms with Gasteiger partial charge in [-0.25, -0.2) is 14.2 Å². The first-order valence-corrected chi connectivity index (χ1v) is 10.0. The van der Waals surface area contributed by atoms with Crippen molar-refractivity contribution in [1.29, 1.82) is 0 Å². The second kappa shape index (κ2) is 8.02. The van der Waals surface area contributed by atoms with Crippen molar-refractivity contribution in [3.05, 3.63) is 71.9 Å². The molecule has 1 aromatic carbocycles. The molecule has 0 radical (unpaired) electrons. The van der Waals surface area contributed by atoms with E-state index in [0.29, 0.717) is 23.3 Å². The van der Waals surface area contributed by atoms with Crippen molar-refractivity contribution in [1.82, 2.24) is 30.0 Å². The average Bonchev–Trinajstić information content (AvgIpc) is 3.17. The summed E-state index contributed by atoms with van der Waals surface area (Å²) in [6, 6.07) is 13.8. The van der Waals surface area contributed by atoms with Gasteiger partial charge >= 0.3 is 5.97 Å². The number of carbonyl (C=O) groups excluding carboxylic acids is 1. The SMILES string of the molecule is Cc1ccc(-c2nn(-c3ccccc3)cc2/C=C/C(=O)OCc2nnnn2C2CC2)o1. The molecule has 0 N–H and O–H groups in total. The molecule has 9 heteroatoms. The number of ether oxygens (including phenoxy) is 1. The highest BCUT2D eigenvalue weighted by Gasteiger charge is 2.28. The molecule has 0 atom stereocenters. The molecule has 4 aromatic rings. The van der Waals surface area contributed by atoms with Gasteiger partial charge < -0.3 is 9.15 Å². The molecule has 0 spiro atoms. The Bertz CT molecular complexity index is 1230. The molecule has 0 bridgehead atoms. The predicted octanol–water partition coefficient (Wildman–Crippen LogP) is 3.52. The zero-order valence-electron chi connectivity index (χ0n) is 16.9. The largest absolute Gasteiger partial charge is 0.460 e. The third-order valence-electron chi connectivity index (χ3n) is 4.93. The first-order chi connectivity index (χ1) is 15.2. The summed E-state index contributed by atoms with van der Waals surface area (Å²) in [6.07, 6.45) is 6.99. The maximum Gasteiger partial charge on any atom is 0.331 e. The monoisotopic (exact) mass is 416 g/mol. The molecule has 1 aliphatic rings. The summed E-state index contributed by atoms with van der Waals surface area (Å²) in [5.41, 5.74) is 2.28. The summed E-state index contributed by atoms with van der Waals surface area (Å²) >= 11 is 0. The van der Waals surface area contributed by atoms with Gasteiger partial charge in [0.05, 0.1) is 11.7 Å². The number of furan rings is 1. The van der Waals surface area contributed by atoms with Crippen LogP contribution in [0, 0.1) is 6.92 Å². The van der Waals surface area contributed by atoms with Crippen LogP contribution < -0.4 is 0 Å². The summed E-state index contributed by atoms with van der Waals surface area (Å²) in [5, 5.41) is 16.2. The molecule has 1 aliphatic carbocycles. The fourth-order valence-electron chi connectivity index (χ4n) is 3.23. The van der Waals surface area contributed by atoms with Crippen molar-refractivity contribution in [3.63, 3.8) is 0 Å². The number of para-hydroxylation sites is 1. The van der Waals surface area contributed by atoms with Crippen LogP contribution in [0.25, 0.3) is 23.2 Å². The van der Waals surface area contributed by atoms with E-state index in [4.69, 9.17) is 9.15 Å². The number of aryl methyl sites for hydroxylation is 1. The van der Waals surface area contributed by atoms with Crippen LogP contribution in [0.15, 0.2) is 59.2 Å². The van der Waals surface area contributed by atoms with Crippen LogP contribution in [0.2, 0.25) is 0 Å². The lowest BCUT2D eigenvalue weighted by molar-refractivity contribution is -0.139. The molecule has 5 rings (SSSR count). The average molecular weight is 416 g/mol. The third kappa shape index (κ3) is 4.16. The van der Waals surface area contributed by atoms with Gasteiger partial charge in [0.25, 0.3) is 0 Å². The fraction of sp³-hybridized carbons (Fsp3) is 0.227. The van der Waals surface area contributed by atoms with Crippen molar-refractivity contribution >= 4 is 12.0 Å². The zero-order chi connectivity index (χ0) is 21.2. The minimum Gasteiger partial charge on any atom is -0.460 e. The van der Waals surface area contributed by atoms with E-state index in [1.165, 1.54) is 6.08 Å². The molecular weight excluding hydrogens is 396 g/mol. The Kier molecular flexibility index (Phi) is 4.91. The highest BCUT2D eigenvalue weighted by atomic mass is 16.5. The number of carbonyl (C=O) groups is 1. The van der Waals surface area contributed by atoms with Gasteiger partial charge in [0.1, 0.15) is 11.5 Å². The molecule has 0 amide bonds. The third-order valence-corrected chi connectivity index (χ3v) is 4.93. The Morgan fingerprint density at radius 1 is 1.23 bits per heavy atom. The number of aromatic nitrogens is 6. The Morgan fingerprint density at radius 3 is 2.81 bits per heavy atom. The zero-order valence-corrected chi connectivity index (χ0v) is 16.9. The Hall–Kier alpha value is -4.01. The maximum atomic E-state index is 12.3. The number of hydrogen-bond acceptors (Lipinski definition) is 7. The summed E-state index contributed by atoms with van der Waals surface area (Å²) in [6.45, 7) is 1.90. The van der Waals surface area contributed by atoms with E-state index in [-0.39, 0.29) is 6.61 Å². The van der Waals surface area contributed by atoms with Gasteiger partial charge in [-0.05, 0) is 60.5 Å². The normalized spacial score (nSPS) is 13.7. The Balaban J connectivity index is 1.35. The summed E-state index contributed by atoms with van der Waals surface area (Å²) in [5.74, 6) is 1.48. The molecule has 156 valence electrons. The van der Waals surface area contributed by atoms with E-state index in [2.05, 4.69) is 20.6 Å². The summed E-state index contributed by atoms with van der Waals surface area (Å²) in [4.78, 5) is 12.3. The van der Waals surface area contributed by atoms with Crippen LogP contribution in [-0.4, -0.2) is 36.0 Å². The first kappa shape index (κ1) is 19.0. The lowest BCUT2D eigenvalue weighted by atomic mass is 10.2. The van der Waals surface area contributed by atoms with Crippen molar-refractivity contribution < 1.29 is 13.9 Å². The van der Waals surface area contributed by atoms with Gasteiger partial charge in [-0.2, -0.15) is 5.10 Å². The minimum atomic E-state index is -0.487. The number of benzene rings is 1. The maximum absolute atomic E-state index is 12.3. The van der Waals surface area contributed by atoms with Crippen molar-refractivity contribution in [2.45, 2.75) is 32.4 Å². The molecule has 0 unspecified atom stereocenters. The van der Waals surface area contributed by atoms with Crippen LogP contribution in [0.3, 0.4) is 0 Å². The highest BCUT2D eigenvalue weighted by Crippen LogP contribution is 2.34. The van der Waals surface area contributed by atoms with Gasteiger partial charge in [-0.3, -0.25) is 0 Å². The highest BCUT2D eigenvalue weighted by molar-refractivity contribution is 5.88. The van der Waals surface area contributed by atoms with E-state index in [0.717, 1.165) is 29.9 Å². The molecular formula is C22H20N6O3. The van der Waals surface area contributed by atoms with E-state index in [1.54, 1.807) is 15.4 Å². The molecule has 31 heavy (non-hydrogen) atoms. The molecule has 3 aromatic heterocycles. The number of tetrazole rings is 1. The molecule has 1 fully saturated rings. The fourth-order valence-corrected chi connectivity index (χ4v) is 3.23. The van der Waals surface area contributed by atoms with Gasteiger partial charge in [0.2, 0.25) is 0 Å². The Morgan fingerprint density at radius 2 is 2.06 bits per heavy atom. The number of nitrogens with zero attached hydrogens (tertiary/aromatic N) is 6. The lowest BCUT2D eigenvalue weighted by Crippen LogP contribution is -2.08. The second-order valence-electron chi connectivity index (χ2n) is 7.34. The minimum absolute atomic E-state index is 0.0280. The van der Waals surface area contributed by atoms with Crippen molar-refractivity contribution in [3.8, 4) is 17.1 Å². The molecule has 0 saturated heterocycles. The van der Waals surface area contributed by atoms with Crippen LogP contribution in [-0.2, 0) is 16.1 Å². The van der Waals surface area contributed by atoms with Crippen LogP contribution >= 0.6 is 0 Å². The summed E-state index contributed by atoms with van der Waals surface area (Å²) in [7, 11) is 0. The van der Waals surface area contributed by atoms with Gasteiger partial charge in [-0.1, -0.05) is 18.2 Å². The molecule has 0 aliphatic heterocycles. The van der Waals surface area contributed by atoms with Crippen LogP contribution in [0.4, 0.5) is 0 Å². The quantitative estimate of drug-likeness (QED) is 0.336. The topological polar surface area (TPSA) is 101 Å². The molecule has 3 heterocycles. The van der Waals surface area contributed by atoms with Crippen molar-refractivity contribution in [2.24, 2.45) is 0 Å². The van der Waals surface area contributed by atoms with Crippen LogP contribution in [0.1, 0.15) is 36.0 Å². The van der Waals surface area contributed by atoms with Crippen LogP contribution in [0.5, 0.6) is 0 Å². The number of hydrogen-bond donors (Lipinski definition) is 0. The van der Waals surface area contributed by atoms with E-state index in [9.17, 15) is 4.79 Å². The second-order valence-corrected chi connectivity index (χ2v) is 7.34. The number of rotatable bonds is 7. The van der Waals surface area contributed by atoms with Gasteiger partial charge in [0.15, 0.2) is 18.2 Å². The molecule has 9 nitrogen and oxygen atoms in total. The van der Waals surface area contributed by atoms with E-state index in [1.807, 2.05) is 55.6 Å². The van der Waals surface area contributed by atoms with E-state index >= 15 is 0 Å².